The first-order chi connectivity index (χ1) is 9.04. The molecule has 2 saturated carbocycles. The van der Waals surface area contributed by atoms with Gasteiger partial charge in [-0.05, 0) is 51.1 Å². The molecule has 2 aliphatic carbocycles. The molecule has 0 heterocycles. The molecule has 0 spiro atoms. The number of hydrogen-bond acceptors (Lipinski definition) is 2. The lowest BCUT2D eigenvalue weighted by Gasteiger charge is -2.35. The van der Waals surface area contributed by atoms with Gasteiger partial charge in [-0.1, -0.05) is 39.5 Å². The van der Waals surface area contributed by atoms with Crippen molar-refractivity contribution in [2.24, 2.45) is 11.3 Å². The van der Waals surface area contributed by atoms with Crippen molar-refractivity contribution in [3.63, 3.8) is 0 Å². The lowest BCUT2D eigenvalue weighted by molar-refractivity contribution is 0.163. The molecule has 2 heteroatoms. The zero-order valence-electron chi connectivity index (χ0n) is 13.5. The highest BCUT2D eigenvalue weighted by molar-refractivity contribution is 4.96. The third kappa shape index (κ3) is 3.72. The van der Waals surface area contributed by atoms with Crippen molar-refractivity contribution in [2.45, 2.75) is 77.3 Å². The van der Waals surface area contributed by atoms with Gasteiger partial charge in [-0.2, -0.15) is 0 Å². The fourth-order valence-corrected chi connectivity index (χ4v) is 4.56. The summed E-state index contributed by atoms with van der Waals surface area (Å²) in [6.45, 7) is 6.15. The van der Waals surface area contributed by atoms with E-state index in [2.05, 4.69) is 38.2 Å². The standard InChI is InChI=1S/C17H34N2/c1-17(2)12-11-14(16(17)18-3)13-19(4)15-9-7-5-6-8-10-15/h14-16,18H,5-13H2,1-4H3. The van der Waals surface area contributed by atoms with Crippen LogP contribution in [0.1, 0.15) is 65.2 Å². The first kappa shape index (κ1) is 15.3. The van der Waals surface area contributed by atoms with Gasteiger partial charge in [0, 0.05) is 18.6 Å². The Labute approximate surface area is 120 Å². The van der Waals surface area contributed by atoms with Gasteiger partial charge in [0.1, 0.15) is 0 Å². The van der Waals surface area contributed by atoms with Crippen molar-refractivity contribution >= 4 is 0 Å². The normalized spacial score (nSPS) is 32.7. The quantitative estimate of drug-likeness (QED) is 0.781. The van der Waals surface area contributed by atoms with E-state index < -0.39 is 0 Å². The Bertz CT molecular complexity index is 266. The highest BCUT2D eigenvalue weighted by Crippen LogP contribution is 2.41. The summed E-state index contributed by atoms with van der Waals surface area (Å²) in [5.74, 6) is 0.841. The minimum absolute atomic E-state index is 0.476. The van der Waals surface area contributed by atoms with E-state index in [1.54, 1.807) is 0 Å². The average molecular weight is 266 g/mol. The van der Waals surface area contributed by atoms with E-state index in [0.717, 1.165) is 12.0 Å². The number of nitrogens with one attached hydrogen (secondary N) is 1. The van der Waals surface area contributed by atoms with Crippen LogP contribution in [0.15, 0.2) is 0 Å². The Morgan fingerprint density at radius 2 is 1.68 bits per heavy atom. The predicted octanol–water partition coefficient (Wildman–Crippen LogP) is 3.67. The maximum absolute atomic E-state index is 3.60. The lowest BCUT2D eigenvalue weighted by atomic mass is 9.84. The van der Waals surface area contributed by atoms with Gasteiger partial charge in [0.2, 0.25) is 0 Å². The van der Waals surface area contributed by atoms with E-state index in [1.165, 1.54) is 57.9 Å². The second-order valence-corrected chi connectivity index (χ2v) is 7.64. The SMILES string of the molecule is CNC1C(CN(C)C2CCCCCC2)CCC1(C)C. The van der Waals surface area contributed by atoms with E-state index in [9.17, 15) is 0 Å². The summed E-state index contributed by atoms with van der Waals surface area (Å²) in [6.07, 6.45) is 11.4. The summed E-state index contributed by atoms with van der Waals surface area (Å²) < 4.78 is 0. The smallest absolute Gasteiger partial charge is 0.0156 e. The van der Waals surface area contributed by atoms with E-state index >= 15 is 0 Å². The molecule has 2 atom stereocenters. The van der Waals surface area contributed by atoms with Crippen molar-refractivity contribution < 1.29 is 0 Å². The minimum atomic E-state index is 0.476. The number of nitrogens with zero attached hydrogens (tertiary/aromatic N) is 1. The minimum Gasteiger partial charge on any atom is -0.316 e. The first-order valence-corrected chi connectivity index (χ1v) is 8.42. The summed E-state index contributed by atoms with van der Waals surface area (Å²) in [7, 11) is 4.52. The van der Waals surface area contributed by atoms with Crippen LogP contribution in [0.5, 0.6) is 0 Å². The van der Waals surface area contributed by atoms with Gasteiger partial charge in [0.15, 0.2) is 0 Å². The van der Waals surface area contributed by atoms with Crippen molar-refractivity contribution in [3.8, 4) is 0 Å². The van der Waals surface area contributed by atoms with E-state index in [4.69, 9.17) is 0 Å². The molecule has 2 nitrogen and oxygen atoms in total. The highest BCUT2D eigenvalue weighted by Gasteiger charge is 2.41. The maximum Gasteiger partial charge on any atom is 0.0156 e. The molecule has 2 rings (SSSR count). The topological polar surface area (TPSA) is 15.3 Å². The summed E-state index contributed by atoms with van der Waals surface area (Å²) in [4.78, 5) is 2.68. The Hall–Kier alpha value is -0.0800. The Balaban J connectivity index is 1.89. The monoisotopic (exact) mass is 266 g/mol. The molecular weight excluding hydrogens is 232 g/mol. The van der Waals surface area contributed by atoms with Crippen molar-refractivity contribution in [1.82, 2.24) is 10.2 Å². The van der Waals surface area contributed by atoms with Gasteiger partial charge < -0.3 is 10.2 Å². The van der Waals surface area contributed by atoms with Gasteiger partial charge in [-0.25, -0.2) is 0 Å². The third-order valence-electron chi connectivity index (χ3n) is 5.75. The van der Waals surface area contributed by atoms with Crippen LogP contribution in [0.2, 0.25) is 0 Å². The van der Waals surface area contributed by atoms with E-state index in [0.29, 0.717) is 11.5 Å². The van der Waals surface area contributed by atoms with Gasteiger partial charge in [-0.3, -0.25) is 0 Å². The van der Waals surface area contributed by atoms with Crippen molar-refractivity contribution in [2.75, 3.05) is 20.6 Å². The molecule has 0 bridgehead atoms. The highest BCUT2D eigenvalue weighted by atomic mass is 15.1. The second kappa shape index (κ2) is 6.58. The number of rotatable bonds is 4. The van der Waals surface area contributed by atoms with Crippen LogP contribution in [0, 0.1) is 11.3 Å². The predicted molar refractivity (Wildman–Crippen MR) is 83.5 cm³/mol. The molecule has 2 unspecified atom stereocenters. The van der Waals surface area contributed by atoms with Crippen molar-refractivity contribution in [3.05, 3.63) is 0 Å². The van der Waals surface area contributed by atoms with Gasteiger partial charge in [0.25, 0.3) is 0 Å². The molecule has 1 N–H and O–H groups in total. The summed E-state index contributed by atoms with van der Waals surface area (Å²) in [5.41, 5.74) is 0.476. The fraction of sp³-hybridized carbons (Fsp3) is 1.00. The molecule has 0 aromatic heterocycles. The second-order valence-electron chi connectivity index (χ2n) is 7.64. The molecule has 0 aromatic rings. The van der Waals surface area contributed by atoms with E-state index in [1.807, 2.05) is 0 Å². The van der Waals surface area contributed by atoms with Crippen LogP contribution in [0.25, 0.3) is 0 Å². The average Bonchev–Trinajstić information content (AvgIpc) is 2.59. The van der Waals surface area contributed by atoms with Crippen LogP contribution >= 0.6 is 0 Å². The first-order valence-electron chi connectivity index (χ1n) is 8.42. The molecule has 112 valence electrons. The van der Waals surface area contributed by atoms with E-state index in [-0.39, 0.29) is 0 Å². The zero-order valence-corrected chi connectivity index (χ0v) is 13.5. The summed E-state index contributed by atoms with van der Waals surface area (Å²) in [6, 6.07) is 1.55. The molecule has 0 amide bonds. The van der Waals surface area contributed by atoms with Crippen LogP contribution in [-0.4, -0.2) is 37.6 Å². The summed E-state index contributed by atoms with van der Waals surface area (Å²) >= 11 is 0. The molecule has 0 aromatic carbocycles. The Morgan fingerprint density at radius 3 is 2.26 bits per heavy atom. The van der Waals surface area contributed by atoms with Crippen LogP contribution in [0.4, 0.5) is 0 Å². The third-order valence-corrected chi connectivity index (χ3v) is 5.75. The molecule has 0 aliphatic heterocycles. The van der Waals surface area contributed by atoms with Gasteiger partial charge >= 0.3 is 0 Å². The fourth-order valence-electron chi connectivity index (χ4n) is 4.56. The molecule has 0 saturated heterocycles. The lowest BCUT2D eigenvalue weighted by Crippen LogP contribution is -2.45. The van der Waals surface area contributed by atoms with Crippen LogP contribution in [-0.2, 0) is 0 Å². The van der Waals surface area contributed by atoms with Crippen LogP contribution < -0.4 is 5.32 Å². The van der Waals surface area contributed by atoms with Gasteiger partial charge in [0.05, 0.1) is 0 Å². The molecule has 2 aliphatic rings. The largest absolute Gasteiger partial charge is 0.316 e. The number of hydrogen-bond donors (Lipinski definition) is 1. The van der Waals surface area contributed by atoms with Crippen LogP contribution in [0.3, 0.4) is 0 Å². The maximum atomic E-state index is 3.60. The molecular formula is C17H34N2. The van der Waals surface area contributed by atoms with Gasteiger partial charge in [-0.15, -0.1) is 0 Å². The van der Waals surface area contributed by atoms with Crippen molar-refractivity contribution in [1.29, 1.82) is 0 Å². The Morgan fingerprint density at radius 1 is 1.05 bits per heavy atom. The summed E-state index contributed by atoms with van der Waals surface area (Å²) in [5, 5.41) is 3.60. The zero-order chi connectivity index (χ0) is 13.9. The molecule has 19 heavy (non-hydrogen) atoms. The molecule has 2 fully saturated rings. The Kier molecular flexibility index (Phi) is 5.30. The molecule has 0 radical (unpaired) electrons.